The van der Waals surface area contributed by atoms with Gasteiger partial charge in [-0.1, -0.05) is 0 Å². The predicted molar refractivity (Wildman–Crippen MR) is 62.3 cm³/mol. The van der Waals surface area contributed by atoms with Crippen LogP contribution < -0.4 is 5.32 Å². The van der Waals surface area contributed by atoms with Crippen LogP contribution in [0.15, 0.2) is 0 Å². The minimum absolute atomic E-state index is 0.254. The molecule has 16 heavy (non-hydrogen) atoms. The summed E-state index contributed by atoms with van der Waals surface area (Å²) in [6.45, 7) is 4.23. The molecule has 2 fully saturated rings. The van der Waals surface area contributed by atoms with Gasteiger partial charge in [-0.05, 0) is 38.6 Å². The first kappa shape index (κ1) is 11.9. The first-order valence-electron chi connectivity index (χ1n) is 6.46. The van der Waals surface area contributed by atoms with Crippen molar-refractivity contribution >= 4 is 5.91 Å². The first-order chi connectivity index (χ1) is 7.86. The van der Waals surface area contributed by atoms with E-state index >= 15 is 0 Å². The van der Waals surface area contributed by atoms with Crippen LogP contribution in [0.3, 0.4) is 0 Å². The molecule has 4 nitrogen and oxygen atoms in total. The number of nitrogens with one attached hydrogen (secondary N) is 1. The highest BCUT2D eigenvalue weighted by atomic mass is 16.5. The highest BCUT2D eigenvalue weighted by Crippen LogP contribution is 2.17. The van der Waals surface area contributed by atoms with Crippen molar-refractivity contribution in [1.29, 1.82) is 0 Å². The lowest BCUT2D eigenvalue weighted by Gasteiger charge is -2.20. The van der Waals surface area contributed by atoms with Crippen LogP contribution in [-0.2, 0) is 9.53 Å². The summed E-state index contributed by atoms with van der Waals surface area (Å²) in [5, 5.41) is 3.14. The van der Waals surface area contributed by atoms with E-state index in [1.54, 1.807) is 0 Å². The molecule has 0 spiro atoms. The molecule has 1 atom stereocenters. The van der Waals surface area contributed by atoms with E-state index in [1.807, 2.05) is 4.90 Å². The molecular weight excluding hydrogens is 204 g/mol. The zero-order valence-electron chi connectivity index (χ0n) is 9.91. The summed E-state index contributed by atoms with van der Waals surface area (Å²) in [4.78, 5) is 13.7. The van der Waals surface area contributed by atoms with Gasteiger partial charge < -0.3 is 15.0 Å². The number of hydrogen-bond donors (Lipinski definition) is 1. The van der Waals surface area contributed by atoms with Crippen LogP contribution in [0.2, 0.25) is 0 Å². The Morgan fingerprint density at radius 3 is 3.19 bits per heavy atom. The van der Waals surface area contributed by atoms with Gasteiger partial charge in [0.05, 0.1) is 12.6 Å². The fraction of sp³-hybridized carbons (Fsp3) is 0.917. The fourth-order valence-electron chi connectivity index (χ4n) is 2.45. The number of carbonyl (C=O) groups excluding carboxylic acids is 1. The van der Waals surface area contributed by atoms with Crippen molar-refractivity contribution in [2.45, 2.75) is 38.2 Å². The molecule has 0 aliphatic carbocycles. The lowest BCUT2D eigenvalue weighted by molar-refractivity contribution is -0.129. The number of nitrogens with zero attached hydrogens (tertiary/aromatic N) is 1. The molecule has 2 aliphatic heterocycles. The van der Waals surface area contributed by atoms with Crippen LogP contribution in [0.5, 0.6) is 0 Å². The van der Waals surface area contributed by atoms with Crippen LogP contribution in [0.4, 0.5) is 0 Å². The van der Waals surface area contributed by atoms with E-state index in [1.165, 1.54) is 12.8 Å². The van der Waals surface area contributed by atoms with Gasteiger partial charge in [0.25, 0.3) is 0 Å². The quantitative estimate of drug-likeness (QED) is 0.770. The smallest absolute Gasteiger partial charge is 0.236 e. The highest BCUT2D eigenvalue weighted by Gasteiger charge is 2.18. The molecule has 4 heteroatoms. The maximum Gasteiger partial charge on any atom is 0.236 e. The SMILES string of the molecule is O=C1CNCCCN1CCCC1CCCO1. The molecule has 0 aromatic carbocycles. The number of rotatable bonds is 4. The van der Waals surface area contributed by atoms with Crippen molar-refractivity contribution in [3.05, 3.63) is 0 Å². The molecule has 2 saturated heterocycles. The van der Waals surface area contributed by atoms with Crippen LogP contribution in [-0.4, -0.2) is 49.7 Å². The molecular formula is C12H22N2O2. The van der Waals surface area contributed by atoms with Crippen molar-refractivity contribution in [1.82, 2.24) is 10.2 Å². The van der Waals surface area contributed by atoms with E-state index in [4.69, 9.17) is 4.74 Å². The molecule has 0 saturated carbocycles. The Hall–Kier alpha value is -0.610. The van der Waals surface area contributed by atoms with Gasteiger partial charge in [0, 0.05) is 19.7 Å². The number of hydrogen-bond acceptors (Lipinski definition) is 3. The summed E-state index contributed by atoms with van der Waals surface area (Å²) in [6, 6.07) is 0. The van der Waals surface area contributed by atoms with Crippen molar-refractivity contribution in [3.63, 3.8) is 0 Å². The van der Waals surface area contributed by atoms with Crippen molar-refractivity contribution in [2.24, 2.45) is 0 Å². The highest BCUT2D eigenvalue weighted by molar-refractivity contribution is 5.78. The molecule has 2 heterocycles. The number of amides is 1. The summed E-state index contributed by atoms with van der Waals surface area (Å²) in [5.41, 5.74) is 0. The van der Waals surface area contributed by atoms with E-state index in [9.17, 15) is 4.79 Å². The minimum atomic E-state index is 0.254. The van der Waals surface area contributed by atoms with E-state index in [2.05, 4.69) is 5.32 Å². The average molecular weight is 226 g/mol. The Kier molecular flexibility index (Phi) is 4.60. The molecule has 0 radical (unpaired) electrons. The average Bonchev–Trinajstić information content (AvgIpc) is 2.71. The van der Waals surface area contributed by atoms with Crippen LogP contribution in [0.1, 0.15) is 32.1 Å². The van der Waals surface area contributed by atoms with Crippen molar-refractivity contribution in [3.8, 4) is 0 Å². The topological polar surface area (TPSA) is 41.6 Å². The molecule has 92 valence electrons. The summed E-state index contributed by atoms with van der Waals surface area (Å²) in [5.74, 6) is 0.254. The molecule has 1 N–H and O–H groups in total. The molecule has 2 aliphatic rings. The van der Waals surface area contributed by atoms with Crippen molar-refractivity contribution < 1.29 is 9.53 Å². The van der Waals surface area contributed by atoms with Crippen LogP contribution >= 0.6 is 0 Å². The van der Waals surface area contributed by atoms with Gasteiger partial charge in [0.15, 0.2) is 0 Å². The van der Waals surface area contributed by atoms with Gasteiger partial charge in [0.2, 0.25) is 5.91 Å². The third kappa shape index (κ3) is 3.46. The maximum absolute atomic E-state index is 11.7. The molecule has 0 aromatic heterocycles. The normalized spacial score (nSPS) is 27.1. The third-order valence-electron chi connectivity index (χ3n) is 3.39. The Morgan fingerprint density at radius 1 is 1.44 bits per heavy atom. The van der Waals surface area contributed by atoms with Gasteiger partial charge in [-0.25, -0.2) is 0 Å². The Balaban J connectivity index is 1.65. The van der Waals surface area contributed by atoms with E-state index in [0.29, 0.717) is 12.6 Å². The van der Waals surface area contributed by atoms with Gasteiger partial charge in [-0.2, -0.15) is 0 Å². The lowest BCUT2D eigenvalue weighted by atomic mass is 10.1. The van der Waals surface area contributed by atoms with Gasteiger partial charge in [-0.3, -0.25) is 4.79 Å². The Labute approximate surface area is 97.3 Å². The number of carbonyl (C=O) groups is 1. The fourth-order valence-corrected chi connectivity index (χ4v) is 2.45. The zero-order chi connectivity index (χ0) is 11.2. The predicted octanol–water partition coefficient (Wildman–Crippen LogP) is 0.767. The minimum Gasteiger partial charge on any atom is -0.378 e. The van der Waals surface area contributed by atoms with E-state index in [-0.39, 0.29) is 5.91 Å². The molecule has 0 aromatic rings. The molecule has 2 rings (SSSR count). The summed E-state index contributed by atoms with van der Waals surface area (Å²) in [6.07, 6.45) is 6.13. The first-order valence-corrected chi connectivity index (χ1v) is 6.46. The summed E-state index contributed by atoms with van der Waals surface area (Å²) >= 11 is 0. The van der Waals surface area contributed by atoms with Crippen LogP contribution in [0, 0.1) is 0 Å². The summed E-state index contributed by atoms with van der Waals surface area (Å²) in [7, 11) is 0. The van der Waals surface area contributed by atoms with Crippen LogP contribution in [0.25, 0.3) is 0 Å². The van der Waals surface area contributed by atoms with Gasteiger partial charge in [0.1, 0.15) is 0 Å². The second-order valence-electron chi connectivity index (χ2n) is 4.69. The molecule has 1 amide bonds. The van der Waals surface area contributed by atoms with Gasteiger partial charge >= 0.3 is 0 Å². The second kappa shape index (κ2) is 6.21. The maximum atomic E-state index is 11.7. The second-order valence-corrected chi connectivity index (χ2v) is 4.69. The van der Waals surface area contributed by atoms with E-state index in [0.717, 1.165) is 45.5 Å². The zero-order valence-corrected chi connectivity index (χ0v) is 9.91. The molecule has 1 unspecified atom stereocenters. The van der Waals surface area contributed by atoms with Gasteiger partial charge in [-0.15, -0.1) is 0 Å². The largest absolute Gasteiger partial charge is 0.378 e. The Bertz CT molecular complexity index is 227. The monoisotopic (exact) mass is 226 g/mol. The Morgan fingerprint density at radius 2 is 2.38 bits per heavy atom. The molecule has 0 bridgehead atoms. The van der Waals surface area contributed by atoms with Crippen molar-refractivity contribution in [2.75, 3.05) is 32.8 Å². The third-order valence-corrected chi connectivity index (χ3v) is 3.39. The summed E-state index contributed by atoms with van der Waals surface area (Å²) < 4.78 is 5.58. The standard InChI is InChI=1S/C12H22N2O2/c15-12-10-13-6-3-8-14(12)7-1-4-11-5-2-9-16-11/h11,13H,1-10H2. The lowest BCUT2D eigenvalue weighted by Crippen LogP contribution is -2.35. The van der Waals surface area contributed by atoms with E-state index < -0.39 is 0 Å². The number of ether oxygens (including phenoxy) is 1.